The molecule has 0 saturated carbocycles. The fraction of sp³-hybridized carbons (Fsp3) is 0.486. The molecule has 8 bridgehead atoms. The van der Waals surface area contributed by atoms with Gasteiger partial charge in [0.15, 0.2) is 12.1 Å². The summed E-state index contributed by atoms with van der Waals surface area (Å²) in [6.07, 6.45) is 7.31. The molecular formula is C35H44N4O5. The minimum Gasteiger partial charge on any atom is -0.481 e. The Bertz CT molecular complexity index is 1740. The second kappa shape index (κ2) is 11.4. The summed E-state index contributed by atoms with van der Waals surface area (Å²) in [7, 11) is 1.40. The van der Waals surface area contributed by atoms with Crippen molar-refractivity contribution in [3.63, 3.8) is 0 Å². The quantitative estimate of drug-likeness (QED) is 0.269. The molecule has 0 radical (unpaired) electrons. The third-order valence-electron chi connectivity index (χ3n) is 10.6. The van der Waals surface area contributed by atoms with Crippen LogP contribution in [-0.4, -0.2) is 57.4 Å². The predicted molar refractivity (Wildman–Crippen MR) is 170 cm³/mol. The Morgan fingerprint density at radius 3 is 2.55 bits per heavy atom. The maximum absolute atomic E-state index is 14.1. The van der Waals surface area contributed by atoms with Crippen LogP contribution in [0.3, 0.4) is 0 Å². The van der Waals surface area contributed by atoms with E-state index in [1.165, 1.54) is 18.2 Å². The van der Waals surface area contributed by atoms with Crippen molar-refractivity contribution in [3.05, 3.63) is 74.0 Å². The molecular weight excluding hydrogens is 556 g/mol. The average molecular weight is 601 g/mol. The lowest BCUT2D eigenvalue weighted by atomic mass is 9.79. The molecule has 3 unspecified atom stereocenters. The molecule has 4 aliphatic rings. The summed E-state index contributed by atoms with van der Waals surface area (Å²) < 4.78 is 5.37. The SMILES string of the molecule is C=C1/C2=C/C3NC(C4=c5[nH]/c(c(C)c5C(=O)[C@@H]4C(O)OC)=C\c4[nH]c(c(C)c4CC)/C=C(\N2)[C@H]1CC)[C@@H](CCC(=O)O)[C@@H]3C. The highest BCUT2D eigenvalue weighted by Crippen LogP contribution is 2.43. The number of carbonyl (C=O) groups excluding carboxylic acids is 1. The van der Waals surface area contributed by atoms with Gasteiger partial charge in [0.25, 0.3) is 0 Å². The summed E-state index contributed by atoms with van der Waals surface area (Å²) in [5, 5.41) is 29.7. The minimum absolute atomic E-state index is 0.00861. The van der Waals surface area contributed by atoms with Crippen molar-refractivity contribution < 1.29 is 24.5 Å². The van der Waals surface area contributed by atoms with E-state index in [0.29, 0.717) is 17.3 Å². The van der Waals surface area contributed by atoms with Crippen LogP contribution in [0.25, 0.3) is 17.7 Å². The van der Waals surface area contributed by atoms with Gasteiger partial charge in [0.05, 0.1) is 11.3 Å². The van der Waals surface area contributed by atoms with Gasteiger partial charge in [-0.3, -0.25) is 9.59 Å². The number of hydrogen-bond acceptors (Lipinski definition) is 6. The van der Waals surface area contributed by atoms with Crippen LogP contribution in [0.1, 0.15) is 78.5 Å². The summed E-state index contributed by atoms with van der Waals surface area (Å²) in [5.41, 5.74) is 9.64. The topological polar surface area (TPSA) is 139 Å². The smallest absolute Gasteiger partial charge is 0.303 e. The van der Waals surface area contributed by atoms with Gasteiger partial charge in [0, 0.05) is 65.2 Å². The number of carbonyl (C=O) groups is 2. The van der Waals surface area contributed by atoms with Crippen molar-refractivity contribution in [2.45, 2.75) is 78.7 Å². The van der Waals surface area contributed by atoms with Crippen LogP contribution in [0.5, 0.6) is 0 Å². The molecule has 7 atom stereocenters. The molecule has 0 spiro atoms. The van der Waals surface area contributed by atoms with Crippen LogP contribution in [0.2, 0.25) is 0 Å². The number of H-pyrrole nitrogens is 2. The molecule has 2 fully saturated rings. The largest absolute Gasteiger partial charge is 0.481 e. The van der Waals surface area contributed by atoms with Gasteiger partial charge in [-0.1, -0.05) is 27.4 Å². The van der Waals surface area contributed by atoms with Crippen LogP contribution < -0.4 is 21.3 Å². The number of aliphatic hydroxyl groups excluding tert-OH is 1. The van der Waals surface area contributed by atoms with Gasteiger partial charge in [-0.2, -0.15) is 0 Å². The molecule has 0 aromatic carbocycles. The number of ketones is 1. The number of nitrogens with one attached hydrogen (secondary N) is 4. The van der Waals surface area contributed by atoms with Gasteiger partial charge in [0.1, 0.15) is 0 Å². The lowest BCUT2D eigenvalue weighted by Crippen LogP contribution is -2.40. The molecule has 44 heavy (non-hydrogen) atoms. The zero-order valence-electron chi connectivity index (χ0n) is 26.4. The van der Waals surface area contributed by atoms with Gasteiger partial charge < -0.3 is 35.6 Å². The molecule has 1 aliphatic carbocycles. The number of allylic oxidation sites excluding steroid dienone is 2. The Balaban J connectivity index is 1.66. The summed E-state index contributed by atoms with van der Waals surface area (Å²) in [4.78, 5) is 33.1. The van der Waals surface area contributed by atoms with Gasteiger partial charge >= 0.3 is 5.97 Å². The number of hydrogen-bond donors (Lipinski definition) is 6. The molecule has 3 aliphatic heterocycles. The number of ether oxygens (including phenoxy) is 1. The number of fused-ring (bicyclic) bond motifs is 8. The van der Waals surface area contributed by atoms with Crippen molar-refractivity contribution in [2.75, 3.05) is 7.11 Å². The number of carboxylic acids is 1. The third-order valence-corrected chi connectivity index (χ3v) is 10.6. The number of aliphatic carboxylic acids is 1. The molecule has 6 rings (SSSR count). The third kappa shape index (κ3) is 4.64. The number of Topliss-reactive ketones (excluding diaryl/α,β-unsaturated/α-hetero) is 1. The van der Waals surface area contributed by atoms with Gasteiger partial charge in [0.2, 0.25) is 0 Å². The Morgan fingerprint density at radius 2 is 1.89 bits per heavy atom. The Hall–Kier alpha value is -3.66. The molecule has 2 saturated heterocycles. The van der Waals surface area contributed by atoms with E-state index in [9.17, 15) is 19.8 Å². The second-order valence-electron chi connectivity index (χ2n) is 12.8. The Kier molecular flexibility index (Phi) is 7.84. The molecule has 234 valence electrons. The van der Waals surface area contributed by atoms with E-state index in [4.69, 9.17) is 4.74 Å². The fourth-order valence-electron chi connectivity index (χ4n) is 8.13. The van der Waals surface area contributed by atoms with E-state index in [1.54, 1.807) is 0 Å². The highest BCUT2D eigenvalue weighted by atomic mass is 16.6. The molecule has 6 N–H and O–H groups in total. The first kappa shape index (κ1) is 30.4. The lowest BCUT2D eigenvalue weighted by molar-refractivity contribution is -0.137. The summed E-state index contributed by atoms with van der Waals surface area (Å²) in [6, 6.07) is -0.482. The van der Waals surface area contributed by atoms with Gasteiger partial charge in [-0.25, -0.2) is 0 Å². The van der Waals surface area contributed by atoms with Crippen molar-refractivity contribution in [3.8, 4) is 0 Å². The van der Waals surface area contributed by atoms with E-state index in [0.717, 1.165) is 57.7 Å². The number of aromatic nitrogens is 2. The molecule has 9 nitrogen and oxygen atoms in total. The van der Waals surface area contributed by atoms with Crippen molar-refractivity contribution in [2.24, 2.45) is 23.7 Å². The first-order valence-electron chi connectivity index (χ1n) is 15.8. The number of aliphatic hydroxyl groups is 1. The Labute approximate surface area is 257 Å². The van der Waals surface area contributed by atoms with Crippen LogP contribution in [0, 0.1) is 37.5 Å². The van der Waals surface area contributed by atoms with Crippen LogP contribution in [0.4, 0.5) is 0 Å². The molecule has 2 aromatic rings. The van der Waals surface area contributed by atoms with Crippen molar-refractivity contribution in [1.29, 1.82) is 0 Å². The number of methoxy groups -OCH3 is 1. The number of carboxylic acid groups (broad SMARTS) is 1. The number of rotatable bonds is 7. The molecule has 5 heterocycles. The van der Waals surface area contributed by atoms with E-state index in [2.05, 4.69) is 73.1 Å². The average Bonchev–Trinajstić information content (AvgIpc) is 3.72. The van der Waals surface area contributed by atoms with E-state index < -0.39 is 18.2 Å². The molecule has 0 amide bonds. The van der Waals surface area contributed by atoms with Crippen molar-refractivity contribution in [1.82, 2.24) is 20.6 Å². The van der Waals surface area contributed by atoms with Crippen LogP contribution >= 0.6 is 0 Å². The van der Waals surface area contributed by atoms with E-state index in [-0.39, 0.29) is 42.0 Å². The lowest BCUT2D eigenvalue weighted by Gasteiger charge is -2.28. The van der Waals surface area contributed by atoms with Crippen molar-refractivity contribution >= 4 is 29.5 Å². The maximum atomic E-state index is 14.1. The van der Waals surface area contributed by atoms with Crippen LogP contribution in [-0.2, 0) is 16.0 Å². The van der Waals surface area contributed by atoms with Gasteiger partial charge in [-0.15, -0.1) is 0 Å². The standard InChI is InChI=1S/C35H44N4O5/c1-8-19-15(3)22-12-24-17(5)21(10-11-28(40)41)32(38-24)30-31(35(43)44-7)34(42)29-18(6)25(39-33(29)30)14-27-20(9-2)16(4)23(37-27)13-26(19)36-22/h12-14,17,19,21,24,31-32,35-39,43H,3,8-11H2,1-2,4-7H3,(H,40,41)/b22-12-,25-14-,26-13-/t17-,19-,21-,24?,31+,32?,35?/m0/s1. The van der Waals surface area contributed by atoms with E-state index >= 15 is 0 Å². The minimum atomic E-state index is -1.33. The first-order valence-corrected chi connectivity index (χ1v) is 15.8. The first-order chi connectivity index (χ1) is 21.0. The summed E-state index contributed by atoms with van der Waals surface area (Å²) in [6.45, 7) is 15.0. The highest BCUT2D eigenvalue weighted by Gasteiger charge is 2.49. The summed E-state index contributed by atoms with van der Waals surface area (Å²) >= 11 is 0. The zero-order chi connectivity index (χ0) is 31.6. The summed E-state index contributed by atoms with van der Waals surface area (Å²) in [5.74, 6) is -1.86. The number of aromatic amines is 2. The maximum Gasteiger partial charge on any atom is 0.303 e. The van der Waals surface area contributed by atoms with Gasteiger partial charge in [-0.05, 0) is 91.0 Å². The normalized spacial score (nSPS) is 31.2. The van der Waals surface area contributed by atoms with Crippen LogP contribution in [0.15, 0.2) is 29.6 Å². The Morgan fingerprint density at radius 1 is 1.14 bits per heavy atom. The fourth-order valence-corrected chi connectivity index (χ4v) is 8.13. The molecule has 2 aromatic heterocycles. The monoisotopic (exact) mass is 600 g/mol. The molecule has 9 heteroatoms. The zero-order valence-corrected chi connectivity index (χ0v) is 26.4. The predicted octanol–water partition coefficient (Wildman–Crippen LogP) is 3.16. The second-order valence-corrected chi connectivity index (χ2v) is 12.8. The van der Waals surface area contributed by atoms with E-state index in [1.807, 2.05) is 6.92 Å². The highest BCUT2D eigenvalue weighted by molar-refractivity contribution is 6.09.